The molecule has 2 amide bonds. The van der Waals surface area contributed by atoms with Crippen molar-refractivity contribution in [3.63, 3.8) is 0 Å². The molecule has 0 saturated carbocycles. The molecular formula is C16H24FN3O2. The van der Waals surface area contributed by atoms with Crippen LogP contribution in [0.25, 0.3) is 0 Å². The lowest BCUT2D eigenvalue weighted by molar-refractivity contribution is -0.130. The molecule has 0 aliphatic carbocycles. The third-order valence-corrected chi connectivity index (χ3v) is 3.31. The first-order valence-corrected chi connectivity index (χ1v) is 7.27. The quantitative estimate of drug-likeness (QED) is 0.798. The Bertz CT molecular complexity index is 501. The molecule has 2 N–H and O–H groups in total. The third kappa shape index (κ3) is 5.81. The SMILES string of the molecule is CC(C)[C@@H](NCC(=O)NCC(=O)N(C)C)c1ccc(F)cc1. The fourth-order valence-electron chi connectivity index (χ4n) is 2.01. The molecule has 6 heteroatoms. The van der Waals surface area contributed by atoms with Crippen molar-refractivity contribution < 1.29 is 14.0 Å². The minimum absolute atomic E-state index is 0.0175. The summed E-state index contributed by atoms with van der Waals surface area (Å²) in [4.78, 5) is 24.6. The Morgan fingerprint density at radius 3 is 2.23 bits per heavy atom. The summed E-state index contributed by atoms with van der Waals surface area (Å²) >= 11 is 0. The zero-order valence-corrected chi connectivity index (χ0v) is 13.5. The van der Waals surface area contributed by atoms with Crippen LogP contribution in [0.2, 0.25) is 0 Å². The van der Waals surface area contributed by atoms with Crippen LogP contribution in [0.1, 0.15) is 25.5 Å². The van der Waals surface area contributed by atoms with Gasteiger partial charge in [0.15, 0.2) is 0 Å². The number of likely N-dealkylation sites (N-methyl/N-ethyl adjacent to an activating group) is 1. The van der Waals surface area contributed by atoms with Crippen molar-refractivity contribution in [2.24, 2.45) is 5.92 Å². The molecule has 0 heterocycles. The summed E-state index contributed by atoms with van der Waals surface area (Å²) in [5.74, 6) is -0.455. The van der Waals surface area contributed by atoms with Gasteiger partial charge in [-0.1, -0.05) is 26.0 Å². The van der Waals surface area contributed by atoms with E-state index in [-0.39, 0.29) is 42.7 Å². The maximum absolute atomic E-state index is 13.0. The third-order valence-electron chi connectivity index (χ3n) is 3.31. The molecule has 1 atom stereocenters. The van der Waals surface area contributed by atoms with Gasteiger partial charge in [-0.2, -0.15) is 0 Å². The predicted molar refractivity (Wildman–Crippen MR) is 83.7 cm³/mol. The highest BCUT2D eigenvalue weighted by molar-refractivity contribution is 5.85. The topological polar surface area (TPSA) is 61.4 Å². The van der Waals surface area contributed by atoms with Gasteiger partial charge < -0.3 is 15.5 Å². The van der Waals surface area contributed by atoms with Crippen LogP contribution in [-0.4, -0.2) is 43.9 Å². The second-order valence-electron chi connectivity index (χ2n) is 5.72. The zero-order chi connectivity index (χ0) is 16.7. The predicted octanol–water partition coefficient (Wildman–Crippen LogP) is 1.32. The van der Waals surface area contributed by atoms with Crippen LogP contribution in [-0.2, 0) is 9.59 Å². The smallest absolute Gasteiger partial charge is 0.241 e. The van der Waals surface area contributed by atoms with Gasteiger partial charge in [-0.15, -0.1) is 0 Å². The number of rotatable bonds is 7. The van der Waals surface area contributed by atoms with Gasteiger partial charge >= 0.3 is 0 Å². The van der Waals surface area contributed by atoms with E-state index in [4.69, 9.17) is 0 Å². The van der Waals surface area contributed by atoms with Crippen LogP contribution >= 0.6 is 0 Å². The van der Waals surface area contributed by atoms with Crippen LogP contribution in [0.15, 0.2) is 24.3 Å². The standard InChI is InChI=1S/C16H24FN3O2/c1-11(2)16(12-5-7-13(17)8-6-12)19-9-14(21)18-10-15(22)20(3)4/h5-8,11,16,19H,9-10H2,1-4H3,(H,18,21)/t16-/m1/s1. The van der Waals surface area contributed by atoms with E-state index in [1.54, 1.807) is 26.2 Å². The molecule has 122 valence electrons. The average molecular weight is 309 g/mol. The molecule has 0 aliphatic rings. The van der Waals surface area contributed by atoms with Gasteiger partial charge in [0, 0.05) is 20.1 Å². The second kappa shape index (κ2) is 8.48. The highest BCUT2D eigenvalue weighted by Crippen LogP contribution is 2.21. The van der Waals surface area contributed by atoms with E-state index in [2.05, 4.69) is 10.6 Å². The first kappa shape index (κ1) is 18.1. The molecule has 0 radical (unpaired) electrons. The normalized spacial score (nSPS) is 12.1. The van der Waals surface area contributed by atoms with Crippen molar-refractivity contribution in [3.8, 4) is 0 Å². The van der Waals surface area contributed by atoms with Gasteiger partial charge in [-0.3, -0.25) is 9.59 Å². The summed E-state index contributed by atoms with van der Waals surface area (Å²) in [6, 6.07) is 6.17. The number of amides is 2. The molecular weight excluding hydrogens is 285 g/mol. The lowest BCUT2D eigenvalue weighted by Gasteiger charge is -2.23. The van der Waals surface area contributed by atoms with E-state index in [9.17, 15) is 14.0 Å². The monoisotopic (exact) mass is 309 g/mol. The van der Waals surface area contributed by atoms with Crippen molar-refractivity contribution >= 4 is 11.8 Å². The number of halogens is 1. The lowest BCUT2D eigenvalue weighted by Crippen LogP contribution is -2.41. The van der Waals surface area contributed by atoms with Gasteiger partial charge in [0.05, 0.1) is 13.1 Å². The second-order valence-corrected chi connectivity index (χ2v) is 5.72. The Morgan fingerprint density at radius 2 is 1.73 bits per heavy atom. The van der Waals surface area contributed by atoms with E-state index < -0.39 is 0 Å². The number of hydrogen-bond acceptors (Lipinski definition) is 3. The number of nitrogens with one attached hydrogen (secondary N) is 2. The van der Waals surface area contributed by atoms with E-state index in [0.717, 1.165) is 5.56 Å². The Labute approximate surface area is 130 Å². The molecule has 0 fully saturated rings. The van der Waals surface area contributed by atoms with Crippen LogP contribution in [0.4, 0.5) is 4.39 Å². The Balaban J connectivity index is 2.53. The molecule has 0 saturated heterocycles. The summed E-state index contributed by atoms with van der Waals surface area (Å²) in [5.41, 5.74) is 0.925. The molecule has 1 aromatic rings. The number of benzene rings is 1. The Morgan fingerprint density at radius 1 is 1.14 bits per heavy atom. The van der Waals surface area contributed by atoms with Crippen molar-refractivity contribution in [2.45, 2.75) is 19.9 Å². The van der Waals surface area contributed by atoms with Crippen LogP contribution in [0.3, 0.4) is 0 Å². The average Bonchev–Trinajstić information content (AvgIpc) is 2.46. The first-order chi connectivity index (χ1) is 10.3. The summed E-state index contributed by atoms with van der Waals surface area (Å²) < 4.78 is 13.0. The number of nitrogens with zero attached hydrogens (tertiary/aromatic N) is 1. The highest BCUT2D eigenvalue weighted by Gasteiger charge is 2.17. The number of hydrogen-bond donors (Lipinski definition) is 2. The van der Waals surface area contributed by atoms with Gasteiger partial charge in [0.25, 0.3) is 0 Å². The van der Waals surface area contributed by atoms with Crippen molar-refractivity contribution in [1.82, 2.24) is 15.5 Å². The highest BCUT2D eigenvalue weighted by atomic mass is 19.1. The van der Waals surface area contributed by atoms with Crippen LogP contribution < -0.4 is 10.6 Å². The van der Waals surface area contributed by atoms with E-state index in [1.165, 1.54) is 17.0 Å². The van der Waals surface area contributed by atoms with Crippen molar-refractivity contribution in [2.75, 3.05) is 27.2 Å². The minimum Gasteiger partial charge on any atom is -0.347 e. The van der Waals surface area contributed by atoms with Gasteiger partial charge in [-0.05, 0) is 23.6 Å². The molecule has 0 bridgehead atoms. The molecule has 0 unspecified atom stereocenters. The first-order valence-electron chi connectivity index (χ1n) is 7.27. The molecule has 22 heavy (non-hydrogen) atoms. The molecule has 1 rings (SSSR count). The van der Waals surface area contributed by atoms with Crippen molar-refractivity contribution in [1.29, 1.82) is 0 Å². The maximum Gasteiger partial charge on any atom is 0.241 e. The molecule has 0 aromatic heterocycles. The molecule has 1 aromatic carbocycles. The van der Waals surface area contributed by atoms with Gasteiger partial charge in [-0.25, -0.2) is 4.39 Å². The minimum atomic E-state index is -0.286. The Hall–Kier alpha value is -1.95. The van der Waals surface area contributed by atoms with E-state index in [0.29, 0.717) is 0 Å². The summed E-state index contributed by atoms with van der Waals surface area (Å²) in [5, 5.41) is 5.71. The van der Waals surface area contributed by atoms with Gasteiger partial charge in [0.1, 0.15) is 5.82 Å². The van der Waals surface area contributed by atoms with Gasteiger partial charge in [0.2, 0.25) is 11.8 Å². The fourth-order valence-corrected chi connectivity index (χ4v) is 2.01. The number of carbonyl (C=O) groups is 2. The molecule has 0 spiro atoms. The maximum atomic E-state index is 13.0. The molecule has 0 aliphatic heterocycles. The van der Waals surface area contributed by atoms with E-state index >= 15 is 0 Å². The fraction of sp³-hybridized carbons (Fsp3) is 0.500. The number of carbonyl (C=O) groups excluding carboxylic acids is 2. The van der Waals surface area contributed by atoms with Crippen LogP contribution in [0.5, 0.6) is 0 Å². The summed E-state index contributed by atoms with van der Waals surface area (Å²) in [7, 11) is 3.27. The molecule has 5 nitrogen and oxygen atoms in total. The summed E-state index contributed by atoms with van der Waals surface area (Å²) in [6.07, 6.45) is 0. The van der Waals surface area contributed by atoms with E-state index in [1.807, 2.05) is 13.8 Å². The van der Waals surface area contributed by atoms with Crippen LogP contribution in [0, 0.1) is 11.7 Å². The zero-order valence-electron chi connectivity index (χ0n) is 13.5. The summed E-state index contributed by atoms with van der Waals surface area (Å²) in [6.45, 7) is 4.13. The Kier molecular flexibility index (Phi) is 6.98. The van der Waals surface area contributed by atoms with Crippen molar-refractivity contribution in [3.05, 3.63) is 35.6 Å². The lowest BCUT2D eigenvalue weighted by atomic mass is 9.96. The largest absolute Gasteiger partial charge is 0.347 e.